The molecule has 96 valence electrons. The van der Waals surface area contributed by atoms with Gasteiger partial charge >= 0.3 is 0 Å². The summed E-state index contributed by atoms with van der Waals surface area (Å²) in [4.78, 5) is 4.36. The van der Waals surface area contributed by atoms with Crippen molar-refractivity contribution in [2.45, 2.75) is 33.8 Å². The number of benzene rings is 1. The van der Waals surface area contributed by atoms with Gasteiger partial charge in [0, 0.05) is 12.8 Å². The fraction of sp³-hybridized carbons (Fsp3) is 0.500. The van der Waals surface area contributed by atoms with E-state index in [1.807, 2.05) is 27.7 Å². The summed E-state index contributed by atoms with van der Waals surface area (Å²) in [6, 6.07) is 6.33. The van der Waals surface area contributed by atoms with Crippen molar-refractivity contribution in [2.24, 2.45) is 4.99 Å². The van der Waals surface area contributed by atoms with Crippen LogP contribution in [0.2, 0.25) is 0 Å². The zero-order chi connectivity index (χ0) is 13.3. The number of aliphatic imine (C=N–C) groups is 1. The minimum absolute atomic E-state index is 0.111. The molecule has 0 aromatic heterocycles. The van der Waals surface area contributed by atoms with Crippen LogP contribution in [-0.2, 0) is 4.74 Å². The zero-order valence-electron chi connectivity index (χ0n) is 11.3. The Morgan fingerprint density at radius 1 is 1.29 bits per heavy atom. The molecule has 0 bridgehead atoms. The van der Waals surface area contributed by atoms with Gasteiger partial charge in [0.1, 0.15) is 5.82 Å². The monoisotopic (exact) mass is 239 g/mol. The van der Waals surface area contributed by atoms with Crippen molar-refractivity contribution in [2.75, 3.05) is 13.7 Å². The van der Waals surface area contributed by atoms with Gasteiger partial charge in [-0.25, -0.2) is 4.39 Å². The van der Waals surface area contributed by atoms with Crippen molar-refractivity contribution in [3.63, 3.8) is 0 Å². The minimum Gasteiger partial charge on any atom is -0.380 e. The zero-order valence-corrected chi connectivity index (χ0v) is 11.3. The van der Waals surface area contributed by atoms with Gasteiger partial charge in [0.25, 0.3) is 0 Å². The van der Waals surface area contributed by atoms with Crippen molar-refractivity contribution in [3.8, 4) is 0 Å². The molecule has 0 aliphatic carbocycles. The summed E-state index contributed by atoms with van der Waals surface area (Å²) in [5.41, 5.74) is 1.85. The largest absolute Gasteiger partial charge is 0.380 e. The Labute approximate surface area is 104 Å². The van der Waals surface area contributed by atoms with Gasteiger partial charge in [0.15, 0.2) is 0 Å². The molecule has 17 heavy (non-hydrogen) atoms. The average molecular weight is 239 g/mol. The molecule has 0 aliphatic heterocycles. The second-order valence-corrected chi connectivity index (χ2v) is 3.48. The van der Waals surface area contributed by atoms with Gasteiger partial charge in [-0.2, -0.15) is 0 Å². The number of hydrogen-bond donors (Lipinski definition) is 0. The SMILES string of the molecule is CC.COC(C)CN=C(C)c1ccc(F)cc1. The molecule has 3 heteroatoms. The molecule has 1 aromatic carbocycles. The summed E-state index contributed by atoms with van der Waals surface area (Å²) in [7, 11) is 1.66. The number of nitrogens with zero attached hydrogens (tertiary/aromatic N) is 1. The van der Waals surface area contributed by atoms with Gasteiger partial charge in [0.05, 0.1) is 12.6 Å². The van der Waals surface area contributed by atoms with Crippen LogP contribution in [0.1, 0.15) is 33.3 Å². The molecule has 0 saturated heterocycles. The Morgan fingerprint density at radius 2 is 1.82 bits per heavy atom. The van der Waals surface area contributed by atoms with Crippen LogP contribution >= 0.6 is 0 Å². The van der Waals surface area contributed by atoms with Gasteiger partial charge in [0.2, 0.25) is 0 Å². The van der Waals surface area contributed by atoms with Gasteiger partial charge in [-0.05, 0) is 31.5 Å². The van der Waals surface area contributed by atoms with Gasteiger partial charge in [-0.1, -0.05) is 26.0 Å². The van der Waals surface area contributed by atoms with Gasteiger partial charge in [-0.3, -0.25) is 4.99 Å². The van der Waals surface area contributed by atoms with Crippen LogP contribution in [0.15, 0.2) is 29.3 Å². The maximum atomic E-state index is 12.7. The van der Waals surface area contributed by atoms with Crippen LogP contribution in [0.4, 0.5) is 4.39 Å². The van der Waals surface area contributed by atoms with Crippen LogP contribution < -0.4 is 0 Å². The van der Waals surface area contributed by atoms with Crippen molar-refractivity contribution >= 4 is 5.71 Å². The first-order valence-corrected chi connectivity index (χ1v) is 5.93. The highest BCUT2D eigenvalue weighted by Gasteiger charge is 2.00. The average Bonchev–Trinajstić information content (AvgIpc) is 2.38. The maximum Gasteiger partial charge on any atom is 0.123 e. The number of rotatable bonds is 4. The summed E-state index contributed by atoms with van der Waals surface area (Å²) in [6.07, 6.45) is 0.111. The summed E-state index contributed by atoms with van der Waals surface area (Å²) in [5.74, 6) is -0.225. The van der Waals surface area contributed by atoms with Crippen LogP contribution in [0.25, 0.3) is 0 Å². The lowest BCUT2D eigenvalue weighted by atomic mass is 10.1. The van der Waals surface area contributed by atoms with Crippen molar-refractivity contribution in [1.82, 2.24) is 0 Å². The molecule has 0 aliphatic rings. The Morgan fingerprint density at radius 3 is 2.29 bits per heavy atom. The van der Waals surface area contributed by atoms with E-state index >= 15 is 0 Å². The first-order chi connectivity index (χ1) is 8.13. The Bertz CT molecular complexity index is 333. The molecule has 2 nitrogen and oxygen atoms in total. The quantitative estimate of drug-likeness (QED) is 0.734. The third-order valence-corrected chi connectivity index (χ3v) is 2.25. The maximum absolute atomic E-state index is 12.7. The van der Waals surface area contributed by atoms with Crippen molar-refractivity contribution in [3.05, 3.63) is 35.6 Å². The lowest BCUT2D eigenvalue weighted by Gasteiger charge is -2.06. The predicted molar refractivity (Wildman–Crippen MR) is 71.3 cm³/mol. The van der Waals surface area contributed by atoms with E-state index in [-0.39, 0.29) is 11.9 Å². The van der Waals surface area contributed by atoms with Crippen LogP contribution in [-0.4, -0.2) is 25.5 Å². The van der Waals surface area contributed by atoms with E-state index in [0.29, 0.717) is 6.54 Å². The van der Waals surface area contributed by atoms with Crippen molar-refractivity contribution in [1.29, 1.82) is 0 Å². The molecule has 0 spiro atoms. The van der Waals surface area contributed by atoms with E-state index in [2.05, 4.69) is 4.99 Å². The lowest BCUT2D eigenvalue weighted by Crippen LogP contribution is -2.10. The topological polar surface area (TPSA) is 21.6 Å². The summed E-state index contributed by atoms with van der Waals surface area (Å²) < 4.78 is 17.7. The Balaban J connectivity index is 0.00000121. The summed E-state index contributed by atoms with van der Waals surface area (Å²) >= 11 is 0. The predicted octanol–water partition coefficient (Wildman–Crippen LogP) is 3.70. The molecule has 0 saturated carbocycles. The number of hydrogen-bond acceptors (Lipinski definition) is 2. The van der Waals surface area contributed by atoms with E-state index < -0.39 is 0 Å². The highest BCUT2D eigenvalue weighted by Crippen LogP contribution is 2.04. The third-order valence-electron chi connectivity index (χ3n) is 2.25. The molecule has 0 N–H and O–H groups in total. The first-order valence-electron chi connectivity index (χ1n) is 5.93. The molecule has 0 radical (unpaired) electrons. The van der Waals surface area contributed by atoms with E-state index in [9.17, 15) is 4.39 Å². The van der Waals surface area contributed by atoms with Gasteiger partial charge < -0.3 is 4.74 Å². The van der Waals surface area contributed by atoms with E-state index in [1.54, 1.807) is 19.2 Å². The normalized spacial score (nSPS) is 12.7. The van der Waals surface area contributed by atoms with Gasteiger partial charge in [-0.15, -0.1) is 0 Å². The fourth-order valence-corrected chi connectivity index (χ4v) is 1.12. The molecule has 0 heterocycles. The number of ether oxygens (including phenoxy) is 1. The second-order valence-electron chi connectivity index (χ2n) is 3.48. The highest BCUT2D eigenvalue weighted by molar-refractivity contribution is 5.98. The standard InChI is InChI=1S/C12H16FNO.C2H6/c1-9(15-3)8-14-10(2)11-4-6-12(13)7-5-11;1-2/h4-7,9H,8H2,1-3H3;1-2H3. The second kappa shape index (κ2) is 8.88. The molecule has 0 fully saturated rings. The van der Waals surface area contributed by atoms with Crippen LogP contribution in [0.3, 0.4) is 0 Å². The van der Waals surface area contributed by atoms with Crippen molar-refractivity contribution < 1.29 is 9.13 Å². The highest BCUT2D eigenvalue weighted by atomic mass is 19.1. The van der Waals surface area contributed by atoms with E-state index in [4.69, 9.17) is 4.74 Å². The molecule has 1 rings (SSSR count). The minimum atomic E-state index is -0.225. The lowest BCUT2D eigenvalue weighted by molar-refractivity contribution is 0.125. The smallest absolute Gasteiger partial charge is 0.123 e. The number of methoxy groups -OCH3 is 1. The summed E-state index contributed by atoms with van der Waals surface area (Å²) in [5, 5.41) is 0. The fourth-order valence-electron chi connectivity index (χ4n) is 1.12. The Hall–Kier alpha value is -1.22. The molecule has 1 unspecified atom stereocenters. The first kappa shape index (κ1) is 15.8. The van der Waals surface area contributed by atoms with Crippen LogP contribution in [0, 0.1) is 5.82 Å². The van der Waals surface area contributed by atoms with E-state index in [1.165, 1.54) is 12.1 Å². The van der Waals surface area contributed by atoms with E-state index in [0.717, 1.165) is 11.3 Å². The summed E-state index contributed by atoms with van der Waals surface area (Å²) in [6.45, 7) is 8.50. The molecular weight excluding hydrogens is 217 g/mol. The molecule has 1 atom stereocenters. The third kappa shape index (κ3) is 6.17. The number of halogens is 1. The van der Waals surface area contributed by atoms with Crippen LogP contribution in [0.5, 0.6) is 0 Å². The molecule has 0 amide bonds. The molecular formula is C14H22FNO. The Kier molecular flexibility index (Phi) is 8.24. The molecule has 1 aromatic rings.